The Kier molecular flexibility index (Phi) is 6.32. The molecule has 1 fully saturated rings. The second-order valence-electron chi connectivity index (χ2n) is 3.91. The highest BCUT2D eigenvalue weighted by Gasteiger charge is 2.16. The van der Waals surface area contributed by atoms with Crippen LogP contribution >= 0.6 is 0 Å². The number of rotatable bonds is 6. The number of hydrogen-bond donors (Lipinski definition) is 3. The van der Waals surface area contributed by atoms with E-state index in [0.717, 1.165) is 39.3 Å². The van der Waals surface area contributed by atoms with Gasteiger partial charge in [-0.2, -0.15) is 0 Å². The molecule has 1 rings (SSSR count). The van der Waals surface area contributed by atoms with Gasteiger partial charge in [-0.3, -0.25) is 9.69 Å². The summed E-state index contributed by atoms with van der Waals surface area (Å²) in [6.45, 7) is 5.16. The molecule has 94 valence electrons. The van der Waals surface area contributed by atoms with Crippen molar-refractivity contribution in [3.05, 3.63) is 0 Å². The van der Waals surface area contributed by atoms with Crippen molar-refractivity contribution < 1.29 is 15.0 Å². The molecule has 0 aliphatic carbocycles. The lowest BCUT2D eigenvalue weighted by Gasteiger charge is -2.34. The summed E-state index contributed by atoms with van der Waals surface area (Å²) in [5.74, 6) is -0.111. The van der Waals surface area contributed by atoms with Gasteiger partial charge in [0.05, 0.1) is 6.61 Å². The van der Waals surface area contributed by atoms with Gasteiger partial charge >= 0.3 is 0 Å². The van der Waals surface area contributed by atoms with E-state index >= 15 is 0 Å². The van der Waals surface area contributed by atoms with Gasteiger partial charge in [-0.1, -0.05) is 0 Å². The minimum Gasteiger partial charge on any atom is -0.395 e. The molecular formula is C10H21N3O3. The van der Waals surface area contributed by atoms with Crippen molar-refractivity contribution in [2.24, 2.45) is 0 Å². The zero-order valence-corrected chi connectivity index (χ0v) is 9.56. The van der Waals surface area contributed by atoms with Crippen LogP contribution in [-0.2, 0) is 4.79 Å². The fourth-order valence-corrected chi connectivity index (χ4v) is 1.81. The first-order chi connectivity index (χ1) is 7.76. The number of piperazine rings is 1. The fraction of sp³-hybridized carbons (Fsp3) is 0.900. The van der Waals surface area contributed by atoms with E-state index in [9.17, 15) is 4.79 Å². The zero-order valence-electron chi connectivity index (χ0n) is 9.56. The zero-order chi connectivity index (χ0) is 11.8. The summed E-state index contributed by atoms with van der Waals surface area (Å²) in [7, 11) is 0. The number of carbonyl (C=O) groups is 1. The molecule has 1 aliphatic rings. The Labute approximate surface area is 95.8 Å². The molecule has 6 heteroatoms. The first kappa shape index (κ1) is 13.4. The third-order valence-corrected chi connectivity index (χ3v) is 2.81. The molecule has 0 aromatic rings. The summed E-state index contributed by atoms with van der Waals surface area (Å²) in [6.07, 6.45) is 0.431. The van der Waals surface area contributed by atoms with E-state index in [0.29, 0.717) is 6.42 Å². The molecule has 1 amide bonds. The molecule has 1 saturated heterocycles. The second-order valence-corrected chi connectivity index (χ2v) is 3.91. The van der Waals surface area contributed by atoms with Crippen molar-refractivity contribution in [3.63, 3.8) is 0 Å². The maximum Gasteiger partial charge on any atom is 0.223 e. The Morgan fingerprint density at radius 2 is 1.62 bits per heavy atom. The van der Waals surface area contributed by atoms with Crippen molar-refractivity contribution in [1.82, 2.24) is 15.1 Å². The van der Waals surface area contributed by atoms with Crippen LogP contribution in [0.3, 0.4) is 0 Å². The molecule has 0 unspecified atom stereocenters. The topological polar surface area (TPSA) is 76.0 Å². The highest BCUT2D eigenvalue weighted by Crippen LogP contribution is 2.01. The van der Waals surface area contributed by atoms with Gasteiger partial charge in [0.15, 0.2) is 0 Å². The van der Waals surface area contributed by atoms with Gasteiger partial charge in [0.25, 0.3) is 0 Å². The summed E-state index contributed by atoms with van der Waals surface area (Å²) in [5.41, 5.74) is 0. The molecule has 6 nitrogen and oxygen atoms in total. The molecule has 1 heterocycles. The molecule has 0 saturated carbocycles. The summed E-state index contributed by atoms with van der Waals surface area (Å²) < 4.78 is 0. The first-order valence-electron chi connectivity index (χ1n) is 5.69. The highest BCUT2D eigenvalue weighted by atomic mass is 16.3. The standard InChI is InChI=1S/C10H21N3O3/c14-8-7-13-5-3-12(4-6-13)2-1-10(16)11-9-15/h14-15H,1-9H2,(H,11,16). The lowest BCUT2D eigenvalue weighted by atomic mass is 10.3. The molecule has 0 aromatic heterocycles. The SMILES string of the molecule is O=C(CCN1CCN(CCO)CC1)NCO. The number of hydrogen-bond acceptors (Lipinski definition) is 5. The van der Waals surface area contributed by atoms with Gasteiger partial charge in [-0.15, -0.1) is 0 Å². The van der Waals surface area contributed by atoms with Crippen molar-refractivity contribution in [2.75, 3.05) is 52.6 Å². The molecule has 0 aromatic carbocycles. The quantitative estimate of drug-likeness (QED) is 0.463. The maximum absolute atomic E-state index is 11.1. The molecule has 0 bridgehead atoms. The lowest BCUT2D eigenvalue weighted by Crippen LogP contribution is -2.47. The molecule has 1 aliphatic heterocycles. The number of aliphatic hydroxyl groups is 2. The largest absolute Gasteiger partial charge is 0.395 e. The van der Waals surface area contributed by atoms with Gasteiger partial charge in [0, 0.05) is 45.7 Å². The van der Waals surface area contributed by atoms with Crippen LogP contribution in [0, 0.1) is 0 Å². The molecule has 16 heavy (non-hydrogen) atoms. The van der Waals surface area contributed by atoms with E-state index in [2.05, 4.69) is 15.1 Å². The predicted octanol–water partition coefficient (Wildman–Crippen LogP) is -1.95. The molecule has 0 atom stereocenters. The summed E-state index contributed by atoms with van der Waals surface area (Å²) in [4.78, 5) is 15.6. The van der Waals surface area contributed by atoms with Crippen molar-refractivity contribution in [3.8, 4) is 0 Å². The highest BCUT2D eigenvalue weighted by molar-refractivity contribution is 5.75. The van der Waals surface area contributed by atoms with Crippen LogP contribution in [0.1, 0.15) is 6.42 Å². The fourth-order valence-electron chi connectivity index (χ4n) is 1.81. The molecule has 0 spiro atoms. The lowest BCUT2D eigenvalue weighted by molar-refractivity contribution is -0.122. The van der Waals surface area contributed by atoms with Crippen molar-refractivity contribution in [1.29, 1.82) is 0 Å². The molecular weight excluding hydrogens is 210 g/mol. The minimum atomic E-state index is -0.289. The van der Waals surface area contributed by atoms with Crippen LogP contribution in [0.4, 0.5) is 0 Å². The van der Waals surface area contributed by atoms with Crippen molar-refractivity contribution in [2.45, 2.75) is 6.42 Å². The summed E-state index contributed by atoms with van der Waals surface area (Å²) in [6, 6.07) is 0. The number of carbonyl (C=O) groups excluding carboxylic acids is 1. The third-order valence-electron chi connectivity index (χ3n) is 2.81. The van der Waals surface area contributed by atoms with Gasteiger partial charge in [-0.25, -0.2) is 0 Å². The van der Waals surface area contributed by atoms with Gasteiger partial charge in [0.2, 0.25) is 5.91 Å². The molecule has 0 radical (unpaired) electrons. The average Bonchev–Trinajstić information content (AvgIpc) is 2.29. The predicted molar refractivity (Wildman–Crippen MR) is 59.8 cm³/mol. The summed E-state index contributed by atoms with van der Waals surface area (Å²) >= 11 is 0. The van der Waals surface area contributed by atoms with E-state index < -0.39 is 0 Å². The monoisotopic (exact) mass is 231 g/mol. The van der Waals surface area contributed by atoms with Crippen LogP contribution in [0.5, 0.6) is 0 Å². The van der Waals surface area contributed by atoms with Gasteiger partial charge < -0.3 is 20.4 Å². The Morgan fingerprint density at radius 1 is 1.06 bits per heavy atom. The van der Waals surface area contributed by atoms with Crippen LogP contribution in [0.25, 0.3) is 0 Å². The normalized spacial score (nSPS) is 18.6. The van der Waals surface area contributed by atoms with Gasteiger partial charge in [0.1, 0.15) is 6.73 Å². The number of β-amino-alcohol motifs (C(OH)–C–C–N with tert-alkyl or cyclic N) is 1. The Hall–Kier alpha value is -0.690. The number of aliphatic hydroxyl groups excluding tert-OH is 2. The Bertz CT molecular complexity index is 205. The number of nitrogens with zero attached hydrogens (tertiary/aromatic N) is 2. The van der Waals surface area contributed by atoms with Gasteiger partial charge in [-0.05, 0) is 0 Å². The van der Waals surface area contributed by atoms with Crippen molar-refractivity contribution >= 4 is 5.91 Å². The Morgan fingerprint density at radius 3 is 2.12 bits per heavy atom. The number of nitrogens with one attached hydrogen (secondary N) is 1. The van der Waals surface area contributed by atoms with E-state index in [1.54, 1.807) is 0 Å². The second kappa shape index (κ2) is 7.56. The van der Waals surface area contributed by atoms with Crippen LogP contribution in [0.15, 0.2) is 0 Å². The third kappa shape index (κ3) is 4.89. The van der Waals surface area contributed by atoms with Crippen LogP contribution in [-0.4, -0.2) is 78.5 Å². The minimum absolute atomic E-state index is 0.111. The van der Waals surface area contributed by atoms with Crippen LogP contribution in [0.2, 0.25) is 0 Å². The number of amides is 1. The molecule has 3 N–H and O–H groups in total. The summed E-state index contributed by atoms with van der Waals surface area (Å²) in [5, 5.41) is 19.6. The average molecular weight is 231 g/mol. The van der Waals surface area contributed by atoms with Crippen LogP contribution < -0.4 is 5.32 Å². The Balaban J connectivity index is 2.10. The van der Waals surface area contributed by atoms with E-state index in [4.69, 9.17) is 10.2 Å². The smallest absolute Gasteiger partial charge is 0.223 e. The maximum atomic E-state index is 11.1. The van der Waals surface area contributed by atoms with E-state index in [1.807, 2.05) is 0 Å². The van der Waals surface area contributed by atoms with E-state index in [-0.39, 0.29) is 19.2 Å². The first-order valence-corrected chi connectivity index (χ1v) is 5.69. The van der Waals surface area contributed by atoms with E-state index in [1.165, 1.54) is 0 Å².